The Morgan fingerprint density at radius 1 is 1.14 bits per heavy atom. The van der Waals surface area contributed by atoms with E-state index in [0.29, 0.717) is 11.3 Å². The molecular formula is C20H18O2. The van der Waals surface area contributed by atoms with Crippen LogP contribution < -0.4 is 4.74 Å². The molecule has 22 heavy (non-hydrogen) atoms. The highest BCUT2D eigenvalue weighted by Crippen LogP contribution is 2.40. The van der Waals surface area contributed by atoms with E-state index < -0.39 is 5.60 Å². The molecule has 0 spiro atoms. The predicted molar refractivity (Wildman–Crippen MR) is 88.1 cm³/mol. The summed E-state index contributed by atoms with van der Waals surface area (Å²) < 4.78 is 6.28. The first kappa shape index (κ1) is 14.3. The van der Waals surface area contributed by atoms with Gasteiger partial charge in [0.25, 0.3) is 0 Å². The van der Waals surface area contributed by atoms with Crippen molar-refractivity contribution < 1.29 is 9.53 Å². The van der Waals surface area contributed by atoms with Gasteiger partial charge in [-0.05, 0) is 30.7 Å². The van der Waals surface area contributed by atoms with Gasteiger partial charge in [-0.25, -0.2) is 0 Å². The molecule has 1 heterocycles. The average Bonchev–Trinajstić information content (AvgIpc) is 2.54. The van der Waals surface area contributed by atoms with Crippen molar-refractivity contribution >= 4 is 5.78 Å². The molecule has 3 rings (SSSR count). The maximum Gasteiger partial charge on any atom is 0.171 e. The van der Waals surface area contributed by atoms with E-state index in [0.717, 1.165) is 11.1 Å². The largest absolute Gasteiger partial charge is 0.477 e. The molecule has 0 amide bonds. The van der Waals surface area contributed by atoms with Crippen LogP contribution in [0, 0.1) is 0 Å². The Bertz CT molecular complexity index is 743. The number of allylic oxidation sites excluding steroid dienone is 2. The molecule has 0 saturated heterocycles. The fourth-order valence-electron chi connectivity index (χ4n) is 2.70. The monoisotopic (exact) mass is 290 g/mol. The Morgan fingerprint density at radius 3 is 2.55 bits per heavy atom. The summed E-state index contributed by atoms with van der Waals surface area (Å²) in [4.78, 5) is 12.6. The Balaban J connectivity index is 2.13. The number of carbonyl (C=O) groups is 1. The zero-order valence-electron chi connectivity index (χ0n) is 12.6. The third kappa shape index (κ3) is 2.60. The Labute approximate surface area is 130 Å². The van der Waals surface area contributed by atoms with Crippen molar-refractivity contribution in [1.29, 1.82) is 0 Å². The molecule has 1 atom stereocenters. The minimum absolute atomic E-state index is 0.0945. The molecule has 0 radical (unpaired) electrons. The van der Waals surface area contributed by atoms with Gasteiger partial charge in [-0.15, -0.1) is 0 Å². The van der Waals surface area contributed by atoms with E-state index in [2.05, 4.69) is 6.58 Å². The quantitative estimate of drug-likeness (QED) is 0.767. The number of rotatable bonds is 3. The van der Waals surface area contributed by atoms with Crippen LogP contribution in [0.4, 0.5) is 0 Å². The van der Waals surface area contributed by atoms with E-state index in [4.69, 9.17) is 4.74 Å². The van der Waals surface area contributed by atoms with Gasteiger partial charge in [0.15, 0.2) is 11.4 Å². The molecule has 0 aromatic heterocycles. The summed E-state index contributed by atoms with van der Waals surface area (Å²) in [6.07, 6.45) is 4.14. The van der Waals surface area contributed by atoms with E-state index in [1.807, 2.05) is 73.7 Å². The molecule has 0 fully saturated rings. The number of hydrogen-bond acceptors (Lipinski definition) is 2. The first-order valence-corrected chi connectivity index (χ1v) is 7.32. The Hall–Kier alpha value is -2.61. The molecular weight excluding hydrogens is 272 g/mol. The molecule has 2 nitrogen and oxygen atoms in total. The number of ketones is 1. The van der Waals surface area contributed by atoms with Crippen LogP contribution >= 0.6 is 0 Å². The fraction of sp³-hybridized carbons (Fsp3) is 0.150. The fourth-order valence-corrected chi connectivity index (χ4v) is 2.70. The molecule has 2 heteroatoms. The molecule has 2 aromatic carbocycles. The molecule has 1 aliphatic rings. The number of fused-ring (bicyclic) bond motifs is 1. The van der Waals surface area contributed by atoms with Crippen LogP contribution in [-0.2, 0) is 5.60 Å². The lowest BCUT2D eigenvalue weighted by molar-refractivity contribution is 0.0651. The first-order chi connectivity index (χ1) is 10.6. The van der Waals surface area contributed by atoms with Gasteiger partial charge in [0.05, 0.1) is 12.0 Å². The van der Waals surface area contributed by atoms with Crippen molar-refractivity contribution in [2.24, 2.45) is 0 Å². The molecule has 1 unspecified atom stereocenters. The maximum absolute atomic E-state index is 12.6. The van der Waals surface area contributed by atoms with Crippen LogP contribution in [0.3, 0.4) is 0 Å². The lowest BCUT2D eigenvalue weighted by atomic mass is 9.83. The summed E-state index contributed by atoms with van der Waals surface area (Å²) in [6.45, 7) is 5.82. The molecule has 0 N–H and O–H groups in total. The van der Waals surface area contributed by atoms with Crippen molar-refractivity contribution in [3.63, 3.8) is 0 Å². The number of ether oxygens (including phenoxy) is 1. The normalized spacial score (nSPS) is 20.5. The van der Waals surface area contributed by atoms with Gasteiger partial charge in [0.1, 0.15) is 5.75 Å². The minimum atomic E-state index is -0.772. The summed E-state index contributed by atoms with van der Waals surface area (Å²) in [6, 6.07) is 17.3. The smallest absolute Gasteiger partial charge is 0.171 e. The standard InChI is InChI=1S/C20H18O2/c1-15(2)12-13-20(16-8-4-3-5-9-16)14-18(21)17-10-6-7-11-19(17)22-20/h3-13H,1,14H2,2H3. The molecule has 2 aromatic rings. The lowest BCUT2D eigenvalue weighted by Crippen LogP contribution is -2.37. The molecule has 0 saturated carbocycles. The van der Waals surface area contributed by atoms with E-state index in [1.54, 1.807) is 0 Å². The number of carbonyl (C=O) groups excluding carboxylic acids is 1. The summed E-state index contributed by atoms with van der Waals surface area (Å²) >= 11 is 0. The van der Waals surface area contributed by atoms with E-state index in [9.17, 15) is 4.79 Å². The highest BCUT2D eigenvalue weighted by atomic mass is 16.5. The van der Waals surface area contributed by atoms with Gasteiger partial charge in [-0.3, -0.25) is 4.79 Å². The third-order valence-electron chi connectivity index (χ3n) is 3.80. The van der Waals surface area contributed by atoms with Crippen molar-refractivity contribution in [1.82, 2.24) is 0 Å². The Kier molecular flexibility index (Phi) is 3.68. The van der Waals surface area contributed by atoms with E-state index >= 15 is 0 Å². The molecule has 0 bridgehead atoms. The predicted octanol–water partition coefficient (Wildman–Crippen LogP) is 4.68. The molecule has 0 aliphatic carbocycles. The van der Waals surface area contributed by atoms with Crippen LogP contribution in [0.15, 0.2) is 78.9 Å². The van der Waals surface area contributed by atoms with Gasteiger partial charge in [-0.2, -0.15) is 0 Å². The number of para-hydroxylation sites is 1. The first-order valence-electron chi connectivity index (χ1n) is 7.32. The van der Waals surface area contributed by atoms with Gasteiger partial charge < -0.3 is 4.74 Å². The Morgan fingerprint density at radius 2 is 1.82 bits per heavy atom. The van der Waals surface area contributed by atoms with Crippen LogP contribution in [0.2, 0.25) is 0 Å². The second-order valence-electron chi connectivity index (χ2n) is 5.63. The van der Waals surface area contributed by atoms with Gasteiger partial charge >= 0.3 is 0 Å². The SMILES string of the molecule is C=C(C)C=CC1(c2ccccc2)CC(=O)c2ccccc2O1. The highest BCUT2D eigenvalue weighted by Gasteiger charge is 2.39. The van der Waals surface area contributed by atoms with Crippen molar-refractivity contribution in [2.75, 3.05) is 0 Å². The summed E-state index contributed by atoms with van der Waals surface area (Å²) in [7, 11) is 0. The van der Waals surface area contributed by atoms with E-state index in [1.165, 1.54) is 0 Å². The van der Waals surface area contributed by atoms with Gasteiger partial charge in [0.2, 0.25) is 0 Å². The van der Waals surface area contributed by atoms with Crippen LogP contribution in [0.1, 0.15) is 29.3 Å². The maximum atomic E-state index is 12.6. The molecule has 110 valence electrons. The van der Waals surface area contributed by atoms with Crippen LogP contribution in [-0.4, -0.2) is 5.78 Å². The van der Waals surface area contributed by atoms with E-state index in [-0.39, 0.29) is 12.2 Å². The number of benzene rings is 2. The van der Waals surface area contributed by atoms with Crippen molar-refractivity contribution in [2.45, 2.75) is 18.9 Å². The summed E-state index contributed by atoms with van der Waals surface area (Å²) in [5.74, 6) is 0.728. The van der Waals surface area contributed by atoms with Crippen LogP contribution in [0.25, 0.3) is 0 Å². The zero-order chi connectivity index (χ0) is 15.6. The van der Waals surface area contributed by atoms with Gasteiger partial charge in [0, 0.05) is 0 Å². The third-order valence-corrected chi connectivity index (χ3v) is 3.80. The van der Waals surface area contributed by atoms with Crippen LogP contribution in [0.5, 0.6) is 5.75 Å². The minimum Gasteiger partial charge on any atom is -0.477 e. The summed E-state index contributed by atoms with van der Waals surface area (Å²) in [5.41, 5.74) is 1.77. The number of hydrogen-bond donors (Lipinski definition) is 0. The topological polar surface area (TPSA) is 26.3 Å². The molecule has 1 aliphatic heterocycles. The second kappa shape index (κ2) is 5.64. The second-order valence-corrected chi connectivity index (χ2v) is 5.63. The number of Topliss-reactive ketones (excluding diaryl/α,β-unsaturated/α-hetero) is 1. The summed E-state index contributed by atoms with van der Waals surface area (Å²) in [5, 5.41) is 0. The lowest BCUT2D eigenvalue weighted by Gasteiger charge is -2.36. The average molecular weight is 290 g/mol. The highest BCUT2D eigenvalue weighted by molar-refractivity contribution is 6.00. The van der Waals surface area contributed by atoms with Crippen molar-refractivity contribution in [3.8, 4) is 5.75 Å². The van der Waals surface area contributed by atoms with Crippen molar-refractivity contribution in [3.05, 3.63) is 90.0 Å². The van der Waals surface area contributed by atoms with Gasteiger partial charge in [-0.1, -0.05) is 60.7 Å². The zero-order valence-corrected chi connectivity index (χ0v) is 12.6.